The second-order valence-electron chi connectivity index (χ2n) is 13.2. The van der Waals surface area contributed by atoms with E-state index in [2.05, 4.69) is 172 Å². The van der Waals surface area contributed by atoms with Crippen molar-refractivity contribution in [1.29, 1.82) is 0 Å². The van der Waals surface area contributed by atoms with Gasteiger partial charge in [-0.05, 0) is 140 Å². The Kier molecular flexibility index (Phi) is 6.00. The van der Waals surface area contributed by atoms with Crippen molar-refractivity contribution in [2.75, 3.05) is 4.90 Å². The maximum absolute atomic E-state index is 2.38. The quantitative estimate of drug-likeness (QED) is 0.205. The lowest BCUT2D eigenvalue weighted by atomic mass is 9.77. The van der Waals surface area contributed by atoms with Gasteiger partial charge in [0.05, 0.1) is 0 Å². The Morgan fingerprint density at radius 2 is 0.909 bits per heavy atom. The Balaban J connectivity index is 1.17. The Hall–Kier alpha value is -5.14. The molecule has 0 fully saturated rings. The van der Waals surface area contributed by atoms with Gasteiger partial charge >= 0.3 is 0 Å². The van der Waals surface area contributed by atoms with Gasteiger partial charge < -0.3 is 4.90 Å². The minimum absolute atomic E-state index is 0.158. The van der Waals surface area contributed by atoms with Crippen molar-refractivity contribution >= 4 is 38.6 Å². The number of nitrogens with zero attached hydrogens (tertiary/aromatic N) is 1. The first kappa shape index (κ1) is 26.5. The molecule has 0 amide bonds. The third-order valence-corrected chi connectivity index (χ3v) is 9.17. The molecule has 0 bridgehead atoms. The van der Waals surface area contributed by atoms with Crippen LogP contribution in [0.25, 0.3) is 54.9 Å². The number of para-hydroxylation sites is 1. The van der Waals surface area contributed by atoms with Crippen LogP contribution in [0.4, 0.5) is 17.1 Å². The fourth-order valence-electron chi connectivity index (χ4n) is 6.61. The highest BCUT2D eigenvalue weighted by Gasteiger charge is 2.24. The summed E-state index contributed by atoms with van der Waals surface area (Å²) < 4.78 is 0. The molecular weight excluding hydrogens is 530 g/mol. The second-order valence-corrected chi connectivity index (χ2v) is 13.2. The average molecular weight is 566 g/mol. The van der Waals surface area contributed by atoms with E-state index in [0.29, 0.717) is 0 Å². The van der Waals surface area contributed by atoms with Gasteiger partial charge in [0, 0.05) is 17.1 Å². The zero-order valence-corrected chi connectivity index (χ0v) is 25.7. The van der Waals surface area contributed by atoms with Crippen LogP contribution >= 0.6 is 0 Å². The van der Waals surface area contributed by atoms with E-state index < -0.39 is 0 Å². The predicted molar refractivity (Wildman–Crippen MR) is 189 cm³/mol. The zero-order valence-electron chi connectivity index (χ0n) is 25.7. The first-order valence-corrected chi connectivity index (χ1v) is 15.5. The number of anilines is 3. The molecule has 0 atom stereocenters. The van der Waals surface area contributed by atoms with Gasteiger partial charge in [0.15, 0.2) is 0 Å². The molecule has 7 aromatic rings. The van der Waals surface area contributed by atoms with E-state index in [1.54, 1.807) is 0 Å². The van der Waals surface area contributed by atoms with Gasteiger partial charge in [-0.25, -0.2) is 0 Å². The maximum Gasteiger partial charge on any atom is 0.0468 e. The van der Waals surface area contributed by atoms with Crippen molar-refractivity contribution < 1.29 is 0 Å². The van der Waals surface area contributed by atoms with E-state index in [0.717, 1.165) is 17.1 Å². The Morgan fingerprint density at radius 1 is 0.409 bits per heavy atom. The molecule has 1 heteroatoms. The summed E-state index contributed by atoms with van der Waals surface area (Å²) in [6, 6.07) is 51.7. The summed E-state index contributed by atoms with van der Waals surface area (Å²) in [7, 11) is 0. The van der Waals surface area contributed by atoms with Gasteiger partial charge in [-0.1, -0.05) is 99.1 Å². The van der Waals surface area contributed by atoms with Crippen molar-refractivity contribution in [2.24, 2.45) is 0 Å². The van der Waals surface area contributed by atoms with Gasteiger partial charge in [-0.2, -0.15) is 0 Å². The van der Waals surface area contributed by atoms with Gasteiger partial charge in [0.2, 0.25) is 0 Å². The number of hydrogen-bond acceptors (Lipinski definition) is 1. The van der Waals surface area contributed by atoms with Crippen molar-refractivity contribution in [3.05, 3.63) is 151 Å². The number of fused-ring (bicyclic) bond motifs is 6. The molecule has 1 aliphatic carbocycles. The summed E-state index contributed by atoms with van der Waals surface area (Å²) in [5.41, 5.74) is 14.2. The van der Waals surface area contributed by atoms with Gasteiger partial charge in [0.1, 0.15) is 0 Å². The van der Waals surface area contributed by atoms with E-state index in [4.69, 9.17) is 0 Å². The standard InChI is InChI=1S/C43H35N/c1-28-10-19-37(20-11-28)44(36-8-6-5-7-9-36)38-21-16-32-25-40-41-26-33-22-30(29-14-17-35(18-15-29)43(2,3)4)12-13-31(33)24-39(41)42(40)27-34(32)23-38/h5-27H,1-4H3. The molecule has 0 unspecified atom stereocenters. The second kappa shape index (κ2) is 9.96. The molecule has 0 aliphatic heterocycles. The number of rotatable bonds is 4. The van der Waals surface area contributed by atoms with Gasteiger partial charge in [0.25, 0.3) is 0 Å². The molecule has 0 aromatic heterocycles. The minimum Gasteiger partial charge on any atom is -0.310 e. The monoisotopic (exact) mass is 565 g/mol. The van der Waals surface area contributed by atoms with Crippen LogP contribution in [0.5, 0.6) is 0 Å². The summed E-state index contributed by atoms with van der Waals surface area (Å²) in [6.45, 7) is 8.93. The van der Waals surface area contributed by atoms with Crippen LogP contribution in [0.1, 0.15) is 31.9 Å². The van der Waals surface area contributed by atoms with E-state index in [9.17, 15) is 0 Å². The molecule has 0 heterocycles. The molecule has 8 rings (SSSR count). The lowest BCUT2D eigenvalue weighted by molar-refractivity contribution is 0.590. The lowest BCUT2D eigenvalue weighted by Crippen LogP contribution is -2.10. The molecular formula is C43H35N. The molecule has 0 saturated carbocycles. The molecule has 0 N–H and O–H groups in total. The van der Waals surface area contributed by atoms with Crippen LogP contribution in [0.15, 0.2) is 140 Å². The van der Waals surface area contributed by atoms with Crippen LogP contribution in [0, 0.1) is 6.92 Å². The highest BCUT2D eigenvalue weighted by atomic mass is 15.1. The maximum atomic E-state index is 2.38. The Labute approximate surface area is 260 Å². The number of benzene rings is 7. The first-order chi connectivity index (χ1) is 21.3. The molecule has 0 saturated heterocycles. The third-order valence-electron chi connectivity index (χ3n) is 9.17. The fourth-order valence-corrected chi connectivity index (χ4v) is 6.61. The topological polar surface area (TPSA) is 3.24 Å². The van der Waals surface area contributed by atoms with Crippen LogP contribution in [-0.4, -0.2) is 0 Å². The smallest absolute Gasteiger partial charge is 0.0468 e. The number of hydrogen-bond donors (Lipinski definition) is 0. The third kappa shape index (κ3) is 4.48. The Morgan fingerprint density at radius 3 is 1.52 bits per heavy atom. The van der Waals surface area contributed by atoms with Crippen molar-refractivity contribution in [2.45, 2.75) is 33.1 Å². The SMILES string of the molecule is Cc1ccc(N(c2ccccc2)c2ccc3cc4c(cc3c2)-c2cc3ccc(-c5ccc(C(C)(C)C)cc5)cc3cc2-4)cc1. The van der Waals surface area contributed by atoms with Crippen molar-refractivity contribution in [3.63, 3.8) is 0 Å². The summed E-state index contributed by atoms with van der Waals surface area (Å²) in [5.74, 6) is 0. The van der Waals surface area contributed by atoms with E-state index >= 15 is 0 Å². The summed E-state index contributed by atoms with van der Waals surface area (Å²) in [6.07, 6.45) is 0. The molecule has 212 valence electrons. The molecule has 1 nitrogen and oxygen atoms in total. The summed E-state index contributed by atoms with van der Waals surface area (Å²) >= 11 is 0. The highest BCUT2D eigenvalue weighted by molar-refractivity contribution is 6.12. The summed E-state index contributed by atoms with van der Waals surface area (Å²) in [4.78, 5) is 2.34. The molecule has 0 spiro atoms. The van der Waals surface area contributed by atoms with Gasteiger partial charge in [-0.3, -0.25) is 0 Å². The van der Waals surface area contributed by atoms with E-state index in [-0.39, 0.29) is 5.41 Å². The van der Waals surface area contributed by atoms with Crippen LogP contribution in [-0.2, 0) is 5.41 Å². The fraction of sp³-hybridized carbons (Fsp3) is 0.116. The molecule has 44 heavy (non-hydrogen) atoms. The molecule has 1 aliphatic rings. The number of aryl methyl sites for hydroxylation is 1. The first-order valence-electron chi connectivity index (χ1n) is 15.5. The zero-order chi connectivity index (χ0) is 30.0. The average Bonchev–Trinajstić information content (AvgIpc) is 3.04. The van der Waals surface area contributed by atoms with Gasteiger partial charge in [-0.15, -0.1) is 0 Å². The predicted octanol–water partition coefficient (Wildman–Crippen LogP) is 12.4. The van der Waals surface area contributed by atoms with Crippen LogP contribution in [0.3, 0.4) is 0 Å². The highest BCUT2D eigenvalue weighted by Crippen LogP contribution is 2.51. The lowest BCUT2D eigenvalue weighted by Gasteiger charge is -2.28. The Bertz CT molecular complexity index is 2180. The normalized spacial score (nSPS) is 12.1. The minimum atomic E-state index is 0.158. The largest absolute Gasteiger partial charge is 0.310 e. The van der Waals surface area contributed by atoms with E-state index in [1.165, 1.54) is 66.1 Å². The molecule has 0 radical (unpaired) electrons. The van der Waals surface area contributed by atoms with Crippen LogP contribution < -0.4 is 4.90 Å². The summed E-state index contributed by atoms with van der Waals surface area (Å²) in [5, 5.41) is 5.10. The van der Waals surface area contributed by atoms with Crippen LogP contribution in [0.2, 0.25) is 0 Å². The van der Waals surface area contributed by atoms with Crippen molar-refractivity contribution in [1.82, 2.24) is 0 Å². The molecule has 7 aromatic carbocycles. The van der Waals surface area contributed by atoms with E-state index in [1.807, 2.05) is 0 Å². The van der Waals surface area contributed by atoms with Crippen molar-refractivity contribution in [3.8, 4) is 33.4 Å².